The Labute approximate surface area is 130 Å². The number of aliphatic hydroxyl groups is 1. The number of pyridine rings is 1. The smallest absolute Gasteiger partial charge is 0.161 e. The molecule has 0 spiro atoms. The summed E-state index contributed by atoms with van der Waals surface area (Å²) >= 11 is 0. The molecule has 2 rings (SSSR count). The highest BCUT2D eigenvalue weighted by Crippen LogP contribution is 2.30. The van der Waals surface area contributed by atoms with Gasteiger partial charge in [0.2, 0.25) is 0 Å². The van der Waals surface area contributed by atoms with Crippen molar-refractivity contribution >= 4 is 0 Å². The van der Waals surface area contributed by atoms with Gasteiger partial charge < -0.3 is 19.9 Å². The summed E-state index contributed by atoms with van der Waals surface area (Å²) in [6.07, 6.45) is 3.62. The topological polar surface area (TPSA) is 63.6 Å². The predicted octanol–water partition coefficient (Wildman–Crippen LogP) is 2.31. The first kappa shape index (κ1) is 16.3. The lowest BCUT2D eigenvalue weighted by molar-refractivity contribution is 0.196. The minimum Gasteiger partial charge on any atom is -0.493 e. The van der Waals surface area contributed by atoms with E-state index in [9.17, 15) is 0 Å². The van der Waals surface area contributed by atoms with Gasteiger partial charge >= 0.3 is 0 Å². The lowest BCUT2D eigenvalue weighted by Crippen LogP contribution is -2.18. The van der Waals surface area contributed by atoms with Gasteiger partial charge in [-0.3, -0.25) is 4.98 Å². The number of rotatable bonds is 8. The Morgan fingerprint density at radius 1 is 1.27 bits per heavy atom. The number of hydrogen-bond acceptors (Lipinski definition) is 5. The molecule has 118 valence electrons. The molecule has 0 radical (unpaired) electrons. The van der Waals surface area contributed by atoms with Crippen LogP contribution in [0, 0.1) is 0 Å². The van der Waals surface area contributed by atoms with Crippen LogP contribution in [0.15, 0.2) is 42.7 Å². The number of nitrogens with one attached hydrogen (secondary N) is 1. The van der Waals surface area contributed by atoms with Crippen molar-refractivity contribution in [3.8, 4) is 11.5 Å². The van der Waals surface area contributed by atoms with Crippen molar-refractivity contribution in [3.63, 3.8) is 0 Å². The maximum Gasteiger partial charge on any atom is 0.161 e. The summed E-state index contributed by atoms with van der Waals surface area (Å²) in [5.41, 5.74) is 2.25. The molecule has 5 heteroatoms. The second-order valence-corrected chi connectivity index (χ2v) is 4.95. The summed E-state index contributed by atoms with van der Waals surface area (Å²) < 4.78 is 10.8. The molecule has 1 unspecified atom stereocenters. The van der Waals surface area contributed by atoms with Gasteiger partial charge in [-0.2, -0.15) is 0 Å². The van der Waals surface area contributed by atoms with Gasteiger partial charge in [0.25, 0.3) is 0 Å². The van der Waals surface area contributed by atoms with Crippen molar-refractivity contribution in [2.75, 3.05) is 20.3 Å². The normalized spacial score (nSPS) is 12.0. The summed E-state index contributed by atoms with van der Waals surface area (Å²) in [5, 5.41) is 12.3. The number of methoxy groups -OCH3 is 1. The van der Waals surface area contributed by atoms with Crippen LogP contribution in [0.3, 0.4) is 0 Å². The third-order valence-electron chi connectivity index (χ3n) is 3.37. The standard InChI is InChI=1S/C17H22N2O3/c1-13(19-12-14-4-3-7-18-11-14)15-5-6-16(22-9-8-20)17(10-15)21-2/h3-7,10-11,13,19-20H,8-9,12H2,1-2H3. The molecular weight excluding hydrogens is 280 g/mol. The van der Waals surface area contributed by atoms with Crippen molar-refractivity contribution in [2.45, 2.75) is 19.5 Å². The van der Waals surface area contributed by atoms with E-state index in [-0.39, 0.29) is 19.3 Å². The Morgan fingerprint density at radius 3 is 2.82 bits per heavy atom. The van der Waals surface area contributed by atoms with Crippen molar-refractivity contribution in [1.29, 1.82) is 0 Å². The summed E-state index contributed by atoms with van der Waals surface area (Å²) in [7, 11) is 1.61. The van der Waals surface area contributed by atoms with E-state index in [1.807, 2.05) is 36.5 Å². The molecule has 0 amide bonds. The van der Waals surface area contributed by atoms with Crippen molar-refractivity contribution in [3.05, 3.63) is 53.9 Å². The van der Waals surface area contributed by atoms with Crippen molar-refractivity contribution in [2.24, 2.45) is 0 Å². The summed E-state index contributed by atoms with van der Waals surface area (Å²) in [4.78, 5) is 4.11. The van der Waals surface area contributed by atoms with Gasteiger partial charge in [-0.25, -0.2) is 0 Å². The molecule has 5 nitrogen and oxygen atoms in total. The average molecular weight is 302 g/mol. The van der Waals surface area contributed by atoms with Crippen LogP contribution >= 0.6 is 0 Å². The van der Waals surface area contributed by atoms with Crippen LogP contribution in [0.1, 0.15) is 24.1 Å². The highest BCUT2D eigenvalue weighted by Gasteiger charge is 2.10. The summed E-state index contributed by atoms with van der Waals surface area (Å²) in [6, 6.07) is 9.95. The monoisotopic (exact) mass is 302 g/mol. The third-order valence-corrected chi connectivity index (χ3v) is 3.37. The zero-order valence-electron chi connectivity index (χ0n) is 13.0. The van der Waals surface area contributed by atoms with Crippen LogP contribution < -0.4 is 14.8 Å². The Hall–Kier alpha value is -2.11. The molecule has 0 saturated carbocycles. The van der Waals surface area contributed by atoms with Crippen LogP contribution in [0.4, 0.5) is 0 Å². The van der Waals surface area contributed by atoms with E-state index in [0.717, 1.165) is 17.7 Å². The number of ether oxygens (including phenoxy) is 2. The fourth-order valence-electron chi connectivity index (χ4n) is 2.12. The SMILES string of the molecule is COc1cc(C(C)NCc2cccnc2)ccc1OCCO. The van der Waals surface area contributed by atoms with E-state index in [4.69, 9.17) is 14.6 Å². The fourth-order valence-corrected chi connectivity index (χ4v) is 2.12. The molecule has 0 saturated heterocycles. The maximum absolute atomic E-state index is 8.83. The third kappa shape index (κ3) is 4.44. The van der Waals surface area contributed by atoms with E-state index >= 15 is 0 Å². The van der Waals surface area contributed by atoms with E-state index in [1.165, 1.54) is 0 Å². The fraction of sp³-hybridized carbons (Fsp3) is 0.353. The van der Waals surface area contributed by atoms with Crippen LogP contribution in [-0.4, -0.2) is 30.4 Å². The molecule has 2 aromatic rings. The Kier molecular flexibility index (Phi) is 6.18. The molecular formula is C17H22N2O3. The van der Waals surface area contributed by atoms with Crippen molar-refractivity contribution in [1.82, 2.24) is 10.3 Å². The number of aliphatic hydroxyl groups excluding tert-OH is 1. The first-order chi connectivity index (χ1) is 10.7. The van der Waals surface area contributed by atoms with Crippen LogP contribution in [0.2, 0.25) is 0 Å². The molecule has 1 aromatic carbocycles. The minimum atomic E-state index is -0.0199. The Bertz CT molecular complexity index is 575. The number of nitrogens with zero attached hydrogens (tertiary/aromatic N) is 1. The van der Waals surface area contributed by atoms with Crippen LogP contribution in [-0.2, 0) is 6.54 Å². The quantitative estimate of drug-likeness (QED) is 0.783. The first-order valence-electron chi connectivity index (χ1n) is 7.28. The predicted molar refractivity (Wildman–Crippen MR) is 85.1 cm³/mol. The van der Waals surface area contributed by atoms with Crippen LogP contribution in [0.25, 0.3) is 0 Å². The van der Waals surface area contributed by atoms with Gasteiger partial charge in [0.05, 0.1) is 13.7 Å². The molecule has 2 N–H and O–H groups in total. The van der Waals surface area contributed by atoms with E-state index in [2.05, 4.69) is 17.2 Å². The zero-order valence-corrected chi connectivity index (χ0v) is 13.0. The highest BCUT2D eigenvalue weighted by atomic mass is 16.5. The van der Waals surface area contributed by atoms with Gasteiger partial charge in [-0.15, -0.1) is 0 Å². The zero-order chi connectivity index (χ0) is 15.8. The highest BCUT2D eigenvalue weighted by molar-refractivity contribution is 5.43. The number of aromatic nitrogens is 1. The maximum atomic E-state index is 8.83. The Balaban J connectivity index is 2.01. The van der Waals surface area contributed by atoms with Crippen molar-refractivity contribution < 1.29 is 14.6 Å². The second-order valence-electron chi connectivity index (χ2n) is 4.95. The molecule has 0 aliphatic rings. The van der Waals surface area contributed by atoms with Gasteiger partial charge in [-0.05, 0) is 36.2 Å². The second kappa shape index (κ2) is 8.36. The molecule has 1 atom stereocenters. The molecule has 22 heavy (non-hydrogen) atoms. The van der Waals surface area contributed by atoms with Gasteiger partial charge in [0.15, 0.2) is 11.5 Å². The molecule has 0 fully saturated rings. The summed E-state index contributed by atoms with van der Waals surface area (Å²) in [5.74, 6) is 1.31. The number of hydrogen-bond donors (Lipinski definition) is 2. The minimum absolute atomic E-state index is 0.0199. The van der Waals surface area contributed by atoms with Gasteiger partial charge in [-0.1, -0.05) is 12.1 Å². The molecule has 0 bridgehead atoms. The van der Waals surface area contributed by atoms with Gasteiger partial charge in [0, 0.05) is 25.0 Å². The van der Waals surface area contributed by atoms with E-state index < -0.39 is 0 Å². The lowest BCUT2D eigenvalue weighted by atomic mass is 10.1. The first-order valence-corrected chi connectivity index (χ1v) is 7.28. The number of benzene rings is 1. The largest absolute Gasteiger partial charge is 0.493 e. The lowest BCUT2D eigenvalue weighted by Gasteiger charge is -2.17. The molecule has 0 aliphatic carbocycles. The molecule has 1 aromatic heterocycles. The van der Waals surface area contributed by atoms with Crippen LogP contribution in [0.5, 0.6) is 11.5 Å². The molecule has 1 heterocycles. The summed E-state index contributed by atoms with van der Waals surface area (Å²) in [6.45, 7) is 3.08. The van der Waals surface area contributed by atoms with Gasteiger partial charge in [0.1, 0.15) is 6.61 Å². The van der Waals surface area contributed by atoms with E-state index in [1.54, 1.807) is 13.3 Å². The molecule has 0 aliphatic heterocycles. The van der Waals surface area contributed by atoms with E-state index in [0.29, 0.717) is 11.5 Å². The average Bonchev–Trinajstić information content (AvgIpc) is 2.58. The Morgan fingerprint density at radius 2 is 2.14 bits per heavy atom.